The summed E-state index contributed by atoms with van der Waals surface area (Å²) in [5.74, 6) is 1.63. The summed E-state index contributed by atoms with van der Waals surface area (Å²) in [6.07, 6.45) is 0. The second kappa shape index (κ2) is 5.98. The Morgan fingerprint density at radius 2 is 1.77 bits per heavy atom. The number of rotatable bonds is 3. The van der Waals surface area contributed by atoms with Gasteiger partial charge >= 0.3 is 11.3 Å². The van der Waals surface area contributed by atoms with Gasteiger partial charge in [0.15, 0.2) is 0 Å². The lowest BCUT2D eigenvalue weighted by Gasteiger charge is -2.06. The van der Waals surface area contributed by atoms with Gasteiger partial charge in [-0.2, -0.15) is 0 Å². The first-order chi connectivity index (χ1) is 10.6. The fourth-order valence-corrected chi connectivity index (χ4v) is 2.82. The van der Waals surface area contributed by atoms with Crippen molar-refractivity contribution in [2.24, 2.45) is 0 Å². The monoisotopic (exact) mass is 313 g/mol. The molecule has 0 aliphatic carbocycles. The van der Waals surface area contributed by atoms with E-state index in [1.54, 1.807) is 0 Å². The van der Waals surface area contributed by atoms with Gasteiger partial charge in [0.2, 0.25) is 0 Å². The molecule has 2 aromatic carbocycles. The Hall–Kier alpha value is -2.06. The van der Waals surface area contributed by atoms with Crippen molar-refractivity contribution >= 4 is 22.6 Å². The second-order valence-corrected chi connectivity index (χ2v) is 5.81. The molecular formula is C19H18ClO2+. The van der Waals surface area contributed by atoms with Crippen LogP contribution in [0.5, 0.6) is 5.75 Å². The number of aryl methyl sites for hydroxylation is 2. The summed E-state index contributed by atoms with van der Waals surface area (Å²) in [6.45, 7) is 6.75. The molecule has 112 valence electrons. The predicted molar refractivity (Wildman–Crippen MR) is 91.7 cm³/mol. The van der Waals surface area contributed by atoms with Gasteiger partial charge in [-0.25, -0.2) is 4.42 Å². The van der Waals surface area contributed by atoms with E-state index in [-0.39, 0.29) is 0 Å². The summed E-state index contributed by atoms with van der Waals surface area (Å²) in [5, 5.41) is 1.74. The third-order valence-corrected chi connectivity index (χ3v) is 3.85. The topological polar surface area (TPSA) is 20.5 Å². The van der Waals surface area contributed by atoms with Crippen molar-refractivity contribution in [2.45, 2.75) is 20.8 Å². The number of benzene rings is 2. The van der Waals surface area contributed by atoms with Gasteiger partial charge in [-0.05, 0) is 56.2 Å². The van der Waals surface area contributed by atoms with Gasteiger partial charge in [-0.3, -0.25) is 0 Å². The largest absolute Gasteiger partial charge is 0.492 e. The average molecular weight is 314 g/mol. The molecule has 0 amide bonds. The van der Waals surface area contributed by atoms with E-state index in [9.17, 15) is 0 Å². The lowest BCUT2D eigenvalue weighted by Crippen LogP contribution is -1.95. The lowest BCUT2D eigenvalue weighted by atomic mass is 10.0. The summed E-state index contributed by atoms with van der Waals surface area (Å²) in [7, 11) is 0. The highest BCUT2D eigenvalue weighted by Crippen LogP contribution is 2.35. The molecule has 3 aromatic rings. The fraction of sp³-hybridized carbons (Fsp3) is 0.211. The SMILES string of the molecule is CCOc1cc(-c2ccc(Cl)cc2)[o+]c2cc(C)cc(C)c12. The predicted octanol–water partition coefficient (Wildman–Crippen LogP) is 6.05. The van der Waals surface area contributed by atoms with Gasteiger partial charge < -0.3 is 4.74 Å². The highest BCUT2D eigenvalue weighted by atomic mass is 35.5. The highest BCUT2D eigenvalue weighted by Gasteiger charge is 2.21. The van der Waals surface area contributed by atoms with Gasteiger partial charge in [-0.15, -0.1) is 0 Å². The van der Waals surface area contributed by atoms with E-state index in [1.807, 2.05) is 43.3 Å². The molecule has 22 heavy (non-hydrogen) atoms. The quantitative estimate of drug-likeness (QED) is 0.549. The van der Waals surface area contributed by atoms with E-state index >= 15 is 0 Å². The van der Waals surface area contributed by atoms with Crippen LogP contribution in [-0.2, 0) is 0 Å². The van der Waals surface area contributed by atoms with Crippen LogP contribution in [0.25, 0.3) is 22.3 Å². The van der Waals surface area contributed by atoms with Crippen molar-refractivity contribution in [1.29, 1.82) is 0 Å². The highest BCUT2D eigenvalue weighted by molar-refractivity contribution is 6.30. The third-order valence-electron chi connectivity index (χ3n) is 3.60. The molecule has 0 saturated heterocycles. The Balaban J connectivity index is 2.26. The number of ether oxygens (including phenoxy) is 1. The van der Waals surface area contributed by atoms with Crippen LogP contribution in [-0.4, -0.2) is 6.61 Å². The van der Waals surface area contributed by atoms with Crippen LogP contribution < -0.4 is 4.74 Å². The zero-order chi connectivity index (χ0) is 15.7. The molecule has 0 saturated carbocycles. The average Bonchev–Trinajstić information content (AvgIpc) is 2.47. The van der Waals surface area contributed by atoms with E-state index in [2.05, 4.69) is 19.9 Å². The van der Waals surface area contributed by atoms with E-state index in [4.69, 9.17) is 20.8 Å². The van der Waals surface area contributed by atoms with Crippen molar-refractivity contribution < 1.29 is 9.15 Å². The Bertz CT molecular complexity index is 823. The number of fused-ring (bicyclic) bond motifs is 1. The zero-order valence-electron chi connectivity index (χ0n) is 12.9. The minimum atomic E-state index is 0.618. The van der Waals surface area contributed by atoms with Crippen molar-refractivity contribution in [3.05, 3.63) is 58.6 Å². The molecule has 0 unspecified atom stereocenters. The molecule has 0 aliphatic rings. The van der Waals surface area contributed by atoms with Crippen molar-refractivity contribution in [1.82, 2.24) is 0 Å². The molecule has 0 radical (unpaired) electrons. The molecule has 0 atom stereocenters. The lowest BCUT2D eigenvalue weighted by molar-refractivity contribution is 0.342. The summed E-state index contributed by atoms with van der Waals surface area (Å²) >= 11 is 5.96. The normalized spacial score (nSPS) is 10.9. The van der Waals surface area contributed by atoms with Gasteiger partial charge in [0, 0.05) is 11.1 Å². The standard InChI is InChI=1S/C19H18ClO2/c1-4-21-17-11-16(14-5-7-15(20)8-6-14)22-18-10-12(2)9-13(3)19(17)18/h5-11H,4H2,1-3H3/q+1. The van der Waals surface area contributed by atoms with Crippen LogP contribution in [0.3, 0.4) is 0 Å². The molecule has 1 heterocycles. The third kappa shape index (κ3) is 2.79. The molecule has 2 nitrogen and oxygen atoms in total. The van der Waals surface area contributed by atoms with Crippen LogP contribution >= 0.6 is 11.6 Å². The molecule has 0 bridgehead atoms. The zero-order valence-corrected chi connectivity index (χ0v) is 13.7. The molecule has 0 spiro atoms. The van der Waals surface area contributed by atoms with E-state index in [0.717, 1.165) is 33.6 Å². The van der Waals surface area contributed by atoms with Gasteiger partial charge in [-0.1, -0.05) is 17.7 Å². The smallest absolute Gasteiger partial charge is 0.365 e. The first kappa shape index (κ1) is 14.9. The molecule has 3 heteroatoms. The Morgan fingerprint density at radius 3 is 2.45 bits per heavy atom. The van der Waals surface area contributed by atoms with Crippen LogP contribution in [0, 0.1) is 13.8 Å². The van der Waals surface area contributed by atoms with Crippen LogP contribution in [0.2, 0.25) is 5.02 Å². The van der Waals surface area contributed by atoms with E-state index in [0.29, 0.717) is 11.6 Å². The Morgan fingerprint density at radius 1 is 1.05 bits per heavy atom. The fourth-order valence-electron chi connectivity index (χ4n) is 2.69. The maximum Gasteiger partial charge on any atom is 0.365 e. The summed E-state index contributed by atoms with van der Waals surface area (Å²) in [5.41, 5.74) is 4.15. The molecule has 0 aliphatic heterocycles. The number of hydrogen-bond donors (Lipinski definition) is 0. The van der Waals surface area contributed by atoms with Crippen molar-refractivity contribution in [2.75, 3.05) is 6.61 Å². The maximum absolute atomic E-state index is 6.11. The van der Waals surface area contributed by atoms with Gasteiger partial charge in [0.1, 0.15) is 11.1 Å². The molecule has 0 fully saturated rings. The summed E-state index contributed by atoms with van der Waals surface area (Å²) in [4.78, 5) is 0. The van der Waals surface area contributed by atoms with Crippen LogP contribution in [0.15, 0.2) is 46.9 Å². The molecule has 0 N–H and O–H groups in total. The number of hydrogen-bond acceptors (Lipinski definition) is 1. The van der Waals surface area contributed by atoms with Crippen LogP contribution in [0.1, 0.15) is 18.1 Å². The first-order valence-corrected chi connectivity index (χ1v) is 7.73. The van der Waals surface area contributed by atoms with E-state index < -0.39 is 0 Å². The van der Waals surface area contributed by atoms with E-state index in [1.165, 1.54) is 5.56 Å². The first-order valence-electron chi connectivity index (χ1n) is 7.35. The minimum Gasteiger partial charge on any atom is -0.492 e. The molecular weight excluding hydrogens is 296 g/mol. The summed E-state index contributed by atoms with van der Waals surface area (Å²) in [6, 6.07) is 13.8. The summed E-state index contributed by atoms with van der Waals surface area (Å²) < 4.78 is 12.0. The van der Waals surface area contributed by atoms with Gasteiger partial charge in [0.25, 0.3) is 0 Å². The number of halogens is 1. The van der Waals surface area contributed by atoms with Crippen molar-refractivity contribution in [3.8, 4) is 17.1 Å². The Labute approximate surface area is 135 Å². The Kier molecular flexibility index (Phi) is 4.04. The minimum absolute atomic E-state index is 0.618. The van der Waals surface area contributed by atoms with Crippen LogP contribution in [0.4, 0.5) is 0 Å². The molecule has 3 rings (SSSR count). The maximum atomic E-state index is 6.11. The molecule has 1 aromatic heterocycles. The second-order valence-electron chi connectivity index (χ2n) is 5.37. The van der Waals surface area contributed by atoms with Crippen molar-refractivity contribution in [3.63, 3.8) is 0 Å². The van der Waals surface area contributed by atoms with Gasteiger partial charge in [0.05, 0.1) is 18.2 Å².